The van der Waals surface area contributed by atoms with E-state index in [1.54, 1.807) is 7.11 Å². The molecule has 0 heterocycles. The first kappa shape index (κ1) is 13.0. The summed E-state index contributed by atoms with van der Waals surface area (Å²) < 4.78 is 5.35. The zero-order valence-corrected chi connectivity index (χ0v) is 10.1. The van der Waals surface area contributed by atoms with Gasteiger partial charge in [0.05, 0.1) is 7.11 Å². The third kappa shape index (κ3) is 2.94. The molecule has 0 bridgehead atoms. The van der Waals surface area contributed by atoms with Crippen molar-refractivity contribution in [3.8, 4) is 16.9 Å². The Labute approximate surface area is 102 Å². The van der Waals surface area contributed by atoms with Crippen LogP contribution in [0.2, 0.25) is 0 Å². The van der Waals surface area contributed by atoms with Crippen LogP contribution in [0.3, 0.4) is 0 Å². The third-order valence-corrected chi connectivity index (χ3v) is 2.54. The number of carbonyl (C=O) groups is 1. The third-order valence-electron chi connectivity index (χ3n) is 2.54. The number of carbonyl (C=O) groups excluding carboxylic acids is 1. The number of hydrogen-bond donors (Lipinski definition) is 0. The highest BCUT2D eigenvalue weighted by atomic mass is 16.5. The second-order valence-electron chi connectivity index (χ2n) is 3.52. The molecule has 0 aliphatic rings. The minimum atomic E-state index is 0.923. The largest absolute Gasteiger partial charge is 0.496 e. The van der Waals surface area contributed by atoms with Crippen LogP contribution in [-0.2, 0) is 4.79 Å². The average molecular weight is 228 g/mol. The Morgan fingerprint density at radius 2 is 1.41 bits per heavy atom. The Kier molecular flexibility index (Phi) is 4.95. The number of ether oxygens (including phenoxy) is 1. The van der Waals surface area contributed by atoms with Crippen LogP contribution in [0.15, 0.2) is 48.5 Å². The number of benzene rings is 2. The second kappa shape index (κ2) is 6.48. The van der Waals surface area contributed by atoms with Crippen molar-refractivity contribution >= 4 is 6.79 Å². The van der Waals surface area contributed by atoms with E-state index >= 15 is 0 Å². The van der Waals surface area contributed by atoms with Gasteiger partial charge in [0.15, 0.2) is 0 Å². The summed E-state index contributed by atoms with van der Waals surface area (Å²) in [5.41, 5.74) is 3.65. The summed E-state index contributed by atoms with van der Waals surface area (Å²) in [6.45, 7) is 4.11. The van der Waals surface area contributed by atoms with E-state index in [4.69, 9.17) is 9.53 Å². The van der Waals surface area contributed by atoms with E-state index in [-0.39, 0.29) is 0 Å². The molecule has 0 amide bonds. The summed E-state index contributed by atoms with van der Waals surface area (Å²) in [4.78, 5) is 8.00. The minimum Gasteiger partial charge on any atom is -0.496 e. The van der Waals surface area contributed by atoms with Crippen molar-refractivity contribution in [2.75, 3.05) is 7.11 Å². The Hall–Kier alpha value is -2.09. The number of methoxy groups -OCH3 is 1. The maximum Gasteiger partial charge on any atom is 0.126 e. The van der Waals surface area contributed by atoms with Crippen LogP contribution in [0.25, 0.3) is 11.1 Å². The Morgan fingerprint density at radius 1 is 0.882 bits per heavy atom. The van der Waals surface area contributed by atoms with Crippen LogP contribution in [-0.4, -0.2) is 13.9 Å². The van der Waals surface area contributed by atoms with Crippen molar-refractivity contribution in [2.24, 2.45) is 0 Å². The summed E-state index contributed by atoms with van der Waals surface area (Å²) in [5.74, 6) is 0.923. The molecule has 2 nitrogen and oxygen atoms in total. The molecule has 2 heteroatoms. The fraction of sp³-hybridized carbons (Fsp3) is 0.133. The molecular formula is C15H16O2. The van der Waals surface area contributed by atoms with Crippen molar-refractivity contribution in [3.05, 3.63) is 54.1 Å². The predicted molar refractivity (Wildman–Crippen MR) is 70.3 cm³/mol. The normalized spacial score (nSPS) is 9.06. The van der Waals surface area contributed by atoms with Crippen LogP contribution in [0.4, 0.5) is 0 Å². The topological polar surface area (TPSA) is 26.3 Å². The zero-order valence-electron chi connectivity index (χ0n) is 10.1. The van der Waals surface area contributed by atoms with E-state index in [1.165, 1.54) is 11.1 Å². The van der Waals surface area contributed by atoms with Gasteiger partial charge in [0.2, 0.25) is 0 Å². The van der Waals surface area contributed by atoms with E-state index in [1.807, 2.05) is 31.1 Å². The van der Waals surface area contributed by atoms with Gasteiger partial charge in [-0.25, -0.2) is 0 Å². The maximum atomic E-state index is 8.00. The van der Waals surface area contributed by atoms with E-state index in [0.717, 1.165) is 11.3 Å². The summed E-state index contributed by atoms with van der Waals surface area (Å²) in [5, 5.41) is 0. The van der Waals surface area contributed by atoms with Gasteiger partial charge in [-0.2, -0.15) is 0 Å². The molecule has 0 saturated heterocycles. The van der Waals surface area contributed by atoms with Crippen molar-refractivity contribution in [1.82, 2.24) is 0 Å². The molecule has 2 aromatic carbocycles. The van der Waals surface area contributed by atoms with E-state index in [2.05, 4.69) is 31.2 Å². The molecule has 17 heavy (non-hydrogen) atoms. The summed E-state index contributed by atoms with van der Waals surface area (Å²) in [7, 11) is 1.71. The molecule has 0 saturated carbocycles. The Balaban J connectivity index is 0.000000686. The Bertz CT molecular complexity index is 478. The van der Waals surface area contributed by atoms with Crippen molar-refractivity contribution < 1.29 is 9.53 Å². The Morgan fingerprint density at radius 3 is 2.00 bits per heavy atom. The number of rotatable bonds is 2. The first-order chi connectivity index (χ1) is 8.33. The molecule has 0 spiro atoms. The van der Waals surface area contributed by atoms with Gasteiger partial charge in [-0.05, 0) is 24.1 Å². The van der Waals surface area contributed by atoms with Crippen LogP contribution in [0, 0.1) is 6.92 Å². The van der Waals surface area contributed by atoms with Gasteiger partial charge >= 0.3 is 0 Å². The molecule has 0 radical (unpaired) electrons. The van der Waals surface area contributed by atoms with Crippen molar-refractivity contribution in [1.29, 1.82) is 0 Å². The summed E-state index contributed by atoms with van der Waals surface area (Å²) in [6, 6.07) is 16.4. The van der Waals surface area contributed by atoms with Crippen LogP contribution in [0.5, 0.6) is 5.75 Å². The lowest BCUT2D eigenvalue weighted by molar-refractivity contribution is -0.0979. The predicted octanol–water partition coefficient (Wildman–Crippen LogP) is 3.49. The van der Waals surface area contributed by atoms with Gasteiger partial charge in [0, 0.05) is 5.56 Å². The average Bonchev–Trinajstić information content (AvgIpc) is 2.41. The highest BCUT2D eigenvalue weighted by Gasteiger charge is 2.05. The number of aryl methyl sites for hydroxylation is 1. The van der Waals surface area contributed by atoms with Gasteiger partial charge in [-0.15, -0.1) is 0 Å². The van der Waals surface area contributed by atoms with Crippen LogP contribution < -0.4 is 4.74 Å². The fourth-order valence-corrected chi connectivity index (χ4v) is 1.74. The lowest BCUT2D eigenvalue weighted by Gasteiger charge is -2.10. The molecule has 0 unspecified atom stereocenters. The van der Waals surface area contributed by atoms with E-state index in [9.17, 15) is 0 Å². The number of para-hydroxylation sites is 1. The SMILES string of the molecule is C=O.COc1ccccc1-c1ccccc1C. The van der Waals surface area contributed by atoms with Crippen LogP contribution >= 0.6 is 0 Å². The first-order valence-corrected chi connectivity index (χ1v) is 5.31. The van der Waals surface area contributed by atoms with Crippen molar-refractivity contribution in [2.45, 2.75) is 6.92 Å². The smallest absolute Gasteiger partial charge is 0.126 e. The lowest BCUT2D eigenvalue weighted by atomic mass is 10.00. The van der Waals surface area contributed by atoms with Crippen LogP contribution in [0.1, 0.15) is 5.56 Å². The lowest BCUT2D eigenvalue weighted by Crippen LogP contribution is -1.88. The molecule has 0 fully saturated rings. The van der Waals surface area contributed by atoms with Gasteiger partial charge < -0.3 is 9.53 Å². The van der Waals surface area contributed by atoms with E-state index < -0.39 is 0 Å². The van der Waals surface area contributed by atoms with Gasteiger partial charge in [0.25, 0.3) is 0 Å². The molecule has 0 aliphatic carbocycles. The quantitative estimate of drug-likeness (QED) is 0.786. The molecule has 88 valence electrons. The molecule has 0 atom stereocenters. The maximum absolute atomic E-state index is 8.00. The van der Waals surface area contributed by atoms with Crippen molar-refractivity contribution in [3.63, 3.8) is 0 Å². The second-order valence-corrected chi connectivity index (χ2v) is 3.52. The summed E-state index contributed by atoms with van der Waals surface area (Å²) in [6.07, 6.45) is 0. The molecular weight excluding hydrogens is 212 g/mol. The van der Waals surface area contributed by atoms with Gasteiger partial charge in [-0.1, -0.05) is 42.5 Å². The zero-order chi connectivity index (χ0) is 12.7. The van der Waals surface area contributed by atoms with Gasteiger partial charge in [0.1, 0.15) is 12.5 Å². The summed E-state index contributed by atoms with van der Waals surface area (Å²) >= 11 is 0. The highest BCUT2D eigenvalue weighted by molar-refractivity contribution is 5.73. The van der Waals surface area contributed by atoms with Gasteiger partial charge in [-0.3, -0.25) is 0 Å². The first-order valence-electron chi connectivity index (χ1n) is 5.31. The molecule has 2 aromatic rings. The molecule has 0 aromatic heterocycles. The molecule has 2 rings (SSSR count). The molecule has 0 aliphatic heterocycles. The number of hydrogen-bond acceptors (Lipinski definition) is 2. The minimum absolute atomic E-state index is 0.923. The van der Waals surface area contributed by atoms with E-state index in [0.29, 0.717) is 0 Å². The standard InChI is InChI=1S/C14H14O.CH2O/c1-11-7-3-4-8-12(11)13-9-5-6-10-14(13)15-2;1-2/h3-10H,1-2H3;1H2. The highest BCUT2D eigenvalue weighted by Crippen LogP contribution is 2.31. The monoisotopic (exact) mass is 228 g/mol. The molecule has 0 N–H and O–H groups in total. The fourth-order valence-electron chi connectivity index (χ4n) is 1.74.